The molecule has 1 rings (SSSR count). The second-order valence-corrected chi connectivity index (χ2v) is 7.63. The second kappa shape index (κ2) is 13.8. The fourth-order valence-corrected chi connectivity index (χ4v) is 3.02. The molecule has 0 aliphatic rings. The standard InChI is InChI=1S/C20H27N5O8S/c21-11(7-15(22)26)17(29)25-14(9-34)19(31)23-12(8-16(27)28)18(30)24-13(20(32)33)6-10-4-2-1-3-5-10/h1-5,11-14,34H,6-9,21H2,(H2,22,26)(H,23,31)(H,24,30)(H,25,29)(H,27,28)(H,32,33). The summed E-state index contributed by atoms with van der Waals surface area (Å²) in [6.07, 6.45) is -1.42. The molecule has 0 spiro atoms. The van der Waals surface area contributed by atoms with Crippen molar-refractivity contribution in [1.29, 1.82) is 0 Å². The Labute approximate surface area is 200 Å². The molecule has 9 N–H and O–H groups in total. The molecular weight excluding hydrogens is 470 g/mol. The summed E-state index contributed by atoms with van der Waals surface area (Å²) in [5, 5.41) is 25.2. The lowest BCUT2D eigenvalue weighted by Crippen LogP contribution is -2.58. The zero-order valence-corrected chi connectivity index (χ0v) is 18.9. The average molecular weight is 498 g/mol. The zero-order chi connectivity index (χ0) is 25.8. The molecule has 0 saturated carbocycles. The van der Waals surface area contributed by atoms with E-state index < -0.39 is 72.6 Å². The van der Waals surface area contributed by atoms with Gasteiger partial charge in [-0.1, -0.05) is 30.3 Å². The van der Waals surface area contributed by atoms with Crippen molar-refractivity contribution in [3.8, 4) is 0 Å². The van der Waals surface area contributed by atoms with E-state index in [2.05, 4.69) is 28.6 Å². The van der Waals surface area contributed by atoms with Crippen molar-refractivity contribution in [2.45, 2.75) is 43.4 Å². The number of aliphatic carboxylic acids is 2. The van der Waals surface area contributed by atoms with E-state index in [-0.39, 0.29) is 12.2 Å². The maximum Gasteiger partial charge on any atom is 0.326 e. The highest BCUT2D eigenvalue weighted by atomic mass is 32.1. The van der Waals surface area contributed by atoms with Gasteiger partial charge in [0.05, 0.1) is 18.9 Å². The van der Waals surface area contributed by atoms with Crippen molar-refractivity contribution < 1.29 is 39.0 Å². The second-order valence-electron chi connectivity index (χ2n) is 7.27. The Balaban J connectivity index is 2.91. The summed E-state index contributed by atoms with van der Waals surface area (Å²) in [4.78, 5) is 71.0. The highest BCUT2D eigenvalue weighted by Crippen LogP contribution is 2.05. The van der Waals surface area contributed by atoms with Crippen LogP contribution in [0.5, 0.6) is 0 Å². The summed E-state index contributed by atoms with van der Waals surface area (Å²) in [5.74, 6) is -6.79. The van der Waals surface area contributed by atoms with Crippen LogP contribution in [0.1, 0.15) is 18.4 Å². The highest BCUT2D eigenvalue weighted by molar-refractivity contribution is 7.80. The van der Waals surface area contributed by atoms with Crippen LogP contribution in [0.3, 0.4) is 0 Å². The van der Waals surface area contributed by atoms with E-state index >= 15 is 0 Å². The van der Waals surface area contributed by atoms with Crippen molar-refractivity contribution in [3.63, 3.8) is 0 Å². The summed E-state index contributed by atoms with van der Waals surface area (Å²) in [6.45, 7) is 0. The molecular formula is C20H27N5O8S. The molecule has 1 aromatic carbocycles. The van der Waals surface area contributed by atoms with E-state index in [0.717, 1.165) is 0 Å². The van der Waals surface area contributed by atoms with Gasteiger partial charge in [-0.05, 0) is 5.56 Å². The van der Waals surface area contributed by atoms with Crippen molar-refractivity contribution in [3.05, 3.63) is 35.9 Å². The fourth-order valence-electron chi connectivity index (χ4n) is 2.76. The third-order valence-electron chi connectivity index (χ3n) is 4.48. The third kappa shape index (κ3) is 9.87. The Bertz CT molecular complexity index is 913. The largest absolute Gasteiger partial charge is 0.481 e. The predicted molar refractivity (Wildman–Crippen MR) is 121 cm³/mol. The highest BCUT2D eigenvalue weighted by Gasteiger charge is 2.31. The minimum atomic E-state index is -1.65. The minimum Gasteiger partial charge on any atom is -0.481 e. The van der Waals surface area contributed by atoms with Gasteiger partial charge in [0.25, 0.3) is 0 Å². The van der Waals surface area contributed by atoms with Crippen LogP contribution in [-0.4, -0.2) is 75.7 Å². The van der Waals surface area contributed by atoms with Crippen LogP contribution in [0.25, 0.3) is 0 Å². The van der Waals surface area contributed by atoms with Gasteiger partial charge >= 0.3 is 11.9 Å². The molecule has 14 heteroatoms. The molecule has 0 aromatic heterocycles. The number of primary amides is 1. The predicted octanol–water partition coefficient (Wildman–Crippen LogP) is -2.62. The summed E-state index contributed by atoms with van der Waals surface area (Å²) in [6, 6.07) is 2.70. The molecule has 0 heterocycles. The molecule has 0 saturated heterocycles. The first-order chi connectivity index (χ1) is 15.9. The number of carboxylic acid groups (broad SMARTS) is 2. The molecule has 4 atom stereocenters. The van der Waals surface area contributed by atoms with E-state index in [9.17, 15) is 33.9 Å². The number of amides is 4. The van der Waals surface area contributed by atoms with Gasteiger partial charge in [-0.2, -0.15) is 12.6 Å². The first-order valence-corrected chi connectivity index (χ1v) is 10.6. The number of thiol groups is 1. The van der Waals surface area contributed by atoms with Gasteiger partial charge in [-0.15, -0.1) is 0 Å². The van der Waals surface area contributed by atoms with Crippen molar-refractivity contribution >= 4 is 48.2 Å². The number of nitrogens with two attached hydrogens (primary N) is 2. The Morgan fingerprint density at radius 1 is 0.824 bits per heavy atom. The van der Waals surface area contributed by atoms with Gasteiger partial charge in [0.15, 0.2) is 0 Å². The van der Waals surface area contributed by atoms with Crippen molar-refractivity contribution in [1.82, 2.24) is 16.0 Å². The van der Waals surface area contributed by atoms with Crippen LogP contribution in [-0.2, 0) is 35.2 Å². The molecule has 0 radical (unpaired) electrons. The van der Waals surface area contributed by atoms with Crippen LogP contribution in [0.4, 0.5) is 0 Å². The van der Waals surface area contributed by atoms with Gasteiger partial charge in [0, 0.05) is 12.2 Å². The van der Waals surface area contributed by atoms with Crippen LogP contribution in [0.15, 0.2) is 30.3 Å². The topological polar surface area (TPSA) is 231 Å². The Hall–Kier alpha value is -3.65. The van der Waals surface area contributed by atoms with E-state index in [1.165, 1.54) is 0 Å². The Morgan fingerprint density at radius 2 is 1.35 bits per heavy atom. The van der Waals surface area contributed by atoms with E-state index in [0.29, 0.717) is 5.56 Å². The fraction of sp³-hybridized carbons (Fsp3) is 0.400. The molecule has 4 unspecified atom stereocenters. The number of carbonyl (C=O) groups excluding carboxylic acids is 4. The van der Waals surface area contributed by atoms with Crippen LogP contribution in [0.2, 0.25) is 0 Å². The number of benzene rings is 1. The van der Waals surface area contributed by atoms with Gasteiger partial charge < -0.3 is 37.6 Å². The molecule has 0 aliphatic heterocycles. The number of carboxylic acids is 2. The van der Waals surface area contributed by atoms with Crippen LogP contribution >= 0.6 is 12.6 Å². The first kappa shape index (κ1) is 28.4. The zero-order valence-electron chi connectivity index (χ0n) is 18.0. The van der Waals surface area contributed by atoms with Crippen LogP contribution in [0, 0.1) is 0 Å². The molecule has 0 aliphatic carbocycles. The number of rotatable bonds is 14. The lowest BCUT2D eigenvalue weighted by molar-refractivity contribution is -0.143. The molecule has 34 heavy (non-hydrogen) atoms. The average Bonchev–Trinajstić information content (AvgIpc) is 2.75. The summed E-state index contributed by atoms with van der Waals surface area (Å²) < 4.78 is 0. The number of nitrogens with one attached hydrogen (secondary N) is 3. The van der Waals surface area contributed by atoms with Crippen molar-refractivity contribution in [2.24, 2.45) is 11.5 Å². The molecule has 186 valence electrons. The summed E-state index contributed by atoms with van der Waals surface area (Å²) in [5.41, 5.74) is 11.1. The first-order valence-electron chi connectivity index (χ1n) is 9.99. The van der Waals surface area contributed by atoms with Gasteiger partial charge in [0.2, 0.25) is 23.6 Å². The quantitative estimate of drug-likeness (QED) is 0.125. The normalized spacial score (nSPS) is 14.1. The van der Waals surface area contributed by atoms with Gasteiger partial charge in [-0.3, -0.25) is 24.0 Å². The van der Waals surface area contributed by atoms with Crippen molar-refractivity contribution in [2.75, 3.05) is 5.75 Å². The Morgan fingerprint density at radius 3 is 1.85 bits per heavy atom. The summed E-state index contributed by atoms with van der Waals surface area (Å²) in [7, 11) is 0. The molecule has 0 fully saturated rings. The lowest BCUT2D eigenvalue weighted by atomic mass is 10.0. The molecule has 4 amide bonds. The number of hydrogen-bond acceptors (Lipinski definition) is 8. The van der Waals surface area contributed by atoms with E-state index in [4.69, 9.17) is 16.6 Å². The Kier molecular flexibility index (Phi) is 11.5. The number of carbonyl (C=O) groups is 6. The number of hydrogen-bond donors (Lipinski definition) is 8. The lowest BCUT2D eigenvalue weighted by Gasteiger charge is -2.23. The maximum atomic E-state index is 12.7. The summed E-state index contributed by atoms with van der Waals surface area (Å²) >= 11 is 3.95. The molecule has 0 bridgehead atoms. The van der Waals surface area contributed by atoms with E-state index in [1.807, 2.05) is 0 Å². The maximum absolute atomic E-state index is 12.7. The van der Waals surface area contributed by atoms with Gasteiger partial charge in [0.1, 0.15) is 18.1 Å². The van der Waals surface area contributed by atoms with E-state index in [1.54, 1.807) is 30.3 Å². The molecule has 1 aromatic rings. The monoisotopic (exact) mass is 497 g/mol. The minimum absolute atomic E-state index is 0.0806. The SMILES string of the molecule is NC(=O)CC(N)C(=O)NC(CS)C(=O)NC(CC(=O)O)C(=O)NC(Cc1ccccc1)C(=O)O. The molecule has 13 nitrogen and oxygen atoms in total. The smallest absolute Gasteiger partial charge is 0.326 e. The van der Waals surface area contributed by atoms with Crippen LogP contribution < -0.4 is 27.4 Å². The third-order valence-corrected chi connectivity index (χ3v) is 4.85. The van der Waals surface area contributed by atoms with Gasteiger partial charge in [-0.25, -0.2) is 4.79 Å².